The molecule has 26 heavy (non-hydrogen) atoms. The van der Waals surface area contributed by atoms with Crippen molar-refractivity contribution in [1.29, 1.82) is 0 Å². The van der Waals surface area contributed by atoms with Gasteiger partial charge in [-0.15, -0.1) is 11.8 Å². The van der Waals surface area contributed by atoms with E-state index in [1.165, 1.54) is 38.5 Å². The van der Waals surface area contributed by atoms with Crippen LogP contribution in [0.4, 0.5) is 0 Å². The Labute approximate surface area is 159 Å². The highest BCUT2D eigenvalue weighted by molar-refractivity contribution is 8.00. The predicted octanol–water partition coefficient (Wildman–Crippen LogP) is 4.02. The third-order valence-electron chi connectivity index (χ3n) is 6.62. The number of ether oxygens (including phenoxy) is 2. The summed E-state index contributed by atoms with van der Waals surface area (Å²) in [5.74, 6) is 4.32. The van der Waals surface area contributed by atoms with Crippen LogP contribution < -0.4 is 14.8 Å². The maximum atomic E-state index is 12.9. The van der Waals surface area contributed by atoms with Gasteiger partial charge in [-0.2, -0.15) is 0 Å². The molecule has 5 aliphatic rings. The number of benzene rings is 1. The van der Waals surface area contributed by atoms with Crippen LogP contribution in [0, 0.1) is 17.8 Å². The molecule has 1 aromatic carbocycles. The quantitative estimate of drug-likeness (QED) is 0.810. The van der Waals surface area contributed by atoms with Gasteiger partial charge in [0, 0.05) is 10.4 Å². The number of nitrogens with one attached hydrogen (secondary N) is 1. The van der Waals surface area contributed by atoms with E-state index in [1.807, 2.05) is 25.1 Å². The van der Waals surface area contributed by atoms with Crippen LogP contribution in [0.15, 0.2) is 23.1 Å². The van der Waals surface area contributed by atoms with Gasteiger partial charge < -0.3 is 14.8 Å². The fourth-order valence-corrected chi connectivity index (χ4v) is 6.88. The first kappa shape index (κ1) is 16.8. The van der Waals surface area contributed by atoms with Gasteiger partial charge in [-0.1, -0.05) is 0 Å². The Bertz CT molecular complexity index is 684. The predicted molar refractivity (Wildman–Crippen MR) is 102 cm³/mol. The van der Waals surface area contributed by atoms with Crippen LogP contribution in [0.25, 0.3) is 0 Å². The van der Waals surface area contributed by atoms with Crippen LogP contribution >= 0.6 is 11.8 Å². The molecule has 1 atom stereocenters. The first-order chi connectivity index (χ1) is 12.6. The van der Waals surface area contributed by atoms with Gasteiger partial charge in [0.15, 0.2) is 11.5 Å². The van der Waals surface area contributed by atoms with Crippen LogP contribution in [-0.2, 0) is 4.79 Å². The summed E-state index contributed by atoms with van der Waals surface area (Å²) in [5.41, 5.74) is 0.0907. The van der Waals surface area contributed by atoms with E-state index >= 15 is 0 Å². The minimum absolute atomic E-state index is 0.0907. The summed E-state index contributed by atoms with van der Waals surface area (Å²) in [6.45, 7) is 3.20. The number of carbonyl (C=O) groups is 1. The number of fused-ring (bicyclic) bond motifs is 1. The standard InChI is InChI=1S/C21H27NO3S/c1-13(26-17-2-3-18-19(9-17)25-5-4-24-18)20(23)22-21-10-14-6-15(11-21)8-16(7-14)12-21/h2-3,9,13-16H,4-8,10-12H2,1H3,(H,22,23). The smallest absolute Gasteiger partial charge is 0.233 e. The monoisotopic (exact) mass is 373 g/mol. The van der Waals surface area contributed by atoms with Gasteiger partial charge in [0.2, 0.25) is 5.91 Å². The molecule has 140 valence electrons. The Hall–Kier alpha value is -1.36. The molecule has 4 saturated carbocycles. The van der Waals surface area contributed by atoms with Crippen LogP contribution in [0.5, 0.6) is 11.5 Å². The third-order valence-corrected chi connectivity index (χ3v) is 7.72. The summed E-state index contributed by atoms with van der Waals surface area (Å²) in [5, 5.41) is 3.39. The van der Waals surface area contributed by atoms with Crippen molar-refractivity contribution in [2.24, 2.45) is 17.8 Å². The molecule has 1 aliphatic heterocycles. The second-order valence-corrected chi connectivity index (χ2v) is 10.2. The zero-order valence-electron chi connectivity index (χ0n) is 15.3. The van der Waals surface area contributed by atoms with Gasteiger partial charge >= 0.3 is 0 Å². The number of thioether (sulfide) groups is 1. The van der Waals surface area contributed by atoms with Crippen molar-refractivity contribution in [3.05, 3.63) is 18.2 Å². The summed E-state index contributed by atoms with van der Waals surface area (Å²) in [6.07, 6.45) is 7.80. The van der Waals surface area contributed by atoms with Gasteiger partial charge in [0.1, 0.15) is 13.2 Å². The highest BCUT2D eigenvalue weighted by Crippen LogP contribution is 2.55. The zero-order valence-corrected chi connectivity index (χ0v) is 16.1. The highest BCUT2D eigenvalue weighted by atomic mass is 32.2. The van der Waals surface area contributed by atoms with Crippen molar-refractivity contribution in [1.82, 2.24) is 5.32 Å². The molecule has 1 heterocycles. The lowest BCUT2D eigenvalue weighted by atomic mass is 9.53. The number of hydrogen-bond acceptors (Lipinski definition) is 4. The molecule has 1 amide bonds. The normalized spacial score (nSPS) is 35.2. The van der Waals surface area contributed by atoms with Gasteiger partial charge in [0.25, 0.3) is 0 Å². The number of rotatable bonds is 4. The summed E-state index contributed by atoms with van der Waals surface area (Å²) >= 11 is 1.61. The molecule has 4 bridgehead atoms. The van der Waals surface area contributed by atoms with E-state index in [0.29, 0.717) is 13.2 Å². The molecule has 0 spiro atoms. The molecule has 4 nitrogen and oxygen atoms in total. The van der Waals surface area contributed by atoms with Crippen LogP contribution in [-0.4, -0.2) is 29.9 Å². The summed E-state index contributed by atoms with van der Waals surface area (Å²) in [4.78, 5) is 14.0. The first-order valence-corrected chi connectivity index (χ1v) is 10.8. The Balaban J connectivity index is 1.25. The molecule has 4 aliphatic carbocycles. The van der Waals surface area contributed by atoms with Crippen molar-refractivity contribution in [3.8, 4) is 11.5 Å². The van der Waals surface area contributed by atoms with E-state index in [0.717, 1.165) is 34.1 Å². The van der Waals surface area contributed by atoms with Gasteiger partial charge in [-0.05, 0) is 81.4 Å². The molecule has 5 heteroatoms. The van der Waals surface area contributed by atoms with Crippen LogP contribution in [0.1, 0.15) is 45.4 Å². The molecule has 6 rings (SSSR count). The molecule has 0 saturated heterocycles. The highest BCUT2D eigenvalue weighted by Gasteiger charge is 2.51. The van der Waals surface area contributed by atoms with E-state index in [-0.39, 0.29) is 16.7 Å². The number of carbonyl (C=O) groups excluding carboxylic acids is 1. The maximum Gasteiger partial charge on any atom is 0.233 e. The fourth-order valence-electron chi connectivity index (χ4n) is 5.98. The summed E-state index contributed by atoms with van der Waals surface area (Å²) in [6, 6.07) is 5.96. The average Bonchev–Trinajstić information content (AvgIpc) is 2.60. The van der Waals surface area contributed by atoms with Crippen molar-refractivity contribution < 1.29 is 14.3 Å². The van der Waals surface area contributed by atoms with E-state index in [4.69, 9.17) is 9.47 Å². The minimum Gasteiger partial charge on any atom is -0.486 e. The second-order valence-electron chi connectivity index (χ2n) is 8.75. The average molecular weight is 374 g/mol. The maximum absolute atomic E-state index is 12.9. The largest absolute Gasteiger partial charge is 0.486 e. The van der Waals surface area contributed by atoms with Crippen molar-refractivity contribution in [3.63, 3.8) is 0 Å². The van der Waals surface area contributed by atoms with Crippen LogP contribution in [0.3, 0.4) is 0 Å². The summed E-state index contributed by atoms with van der Waals surface area (Å²) < 4.78 is 11.2. The fraction of sp³-hybridized carbons (Fsp3) is 0.667. The Morgan fingerprint density at radius 2 is 1.69 bits per heavy atom. The molecule has 1 unspecified atom stereocenters. The van der Waals surface area contributed by atoms with E-state index in [9.17, 15) is 4.79 Å². The third kappa shape index (κ3) is 3.08. The number of amides is 1. The van der Waals surface area contributed by atoms with Crippen molar-refractivity contribution in [2.75, 3.05) is 13.2 Å². The Morgan fingerprint density at radius 3 is 2.35 bits per heavy atom. The topological polar surface area (TPSA) is 47.6 Å². The molecule has 1 aromatic rings. The van der Waals surface area contributed by atoms with E-state index in [1.54, 1.807) is 11.8 Å². The van der Waals surface area contributed by atoms with Gasteiger partial charge in [-0.3, -0.25) is 4.79 Å². The molecule has 4 fully saturated rings. The lowest BCUT2D eigenvalue weighted by Gasteiger charge is -2.57. The molecular formula is C21H27NO3S. The SMILES string of the molecule is CC(Sc1ccc2c(c1)OCCO2)C(=O)NC12CC3CC(CC(C3)C1)C2. The van der Waals surface area contributed by atoms with Crippen molar-refractivity contribution >= 4 is 17.7 Å². The number of hydrogen-bond donors (Lipinski definition) is 1. The molecule has 1 N–H and O–H groups in total. The van der Waals surface area contributed by atoms with E-state index < -0.39 is 0 Å². The molecular weight excluding hydrogens is 346 g/mol. The molecule has 0 aromatic heterocycles. The van der Waals surface area contributed by atoms with E-state index in [2.05, 4.69) is 5.32 Å². The lowest BCUT2D eigenvalue weighted by Crippen LogP contribution is -2.60. The first-order valence-electron chi connectivity index (χ1n) is 9.97. The molecule has 0 radical (unpaired) electrons. The second kappa shape index (κ2) is 6.36. The van der Waals surface area contributed by atoms with Crippen LogP contribution in [0.2, 0.25) is 0 Å². The van der Waals surface area contributed by atoms with Gasteiger partial charge in [0.05, 0.1) is 5.25 Å². The lowest BCUT2D eigenvalue weighted by molar-refractivity contribution is -0.126. The summed E-state index contributed by atoms with van der Waals surface area (Å²) in [7, 11) is 0. The van der Waals surface area contributed by atoms with Gasteiger partial charge in [-0.25, -0.2) is 0 Å². The zero-order chi connectivity index (χ0) is 17.7. The Morgan fingerprint density at radius 1 is 1.08 bits per heavy atom. The van der Waals surface area contributed by atoms with Crippen molar-refractivity contribution in [2.45, 2.75) is 61.1 Å². The minimum atomic E-state index is -0.106. The Kier molecular flexibility index (Phi) is 4.11.